The van der Waals surface area contributed by atoms with Crippen molar-refractivity contribution >= 4 is 17.7 Å². The highest BCUT2D eigenvalue weighted by Gasteiger charge is 2.34. The monoisotopic (exact) mass is 411 g/mol. The Morgan fingerprint density at radius 3 is 2.60 bits per heavy atom. The van der Waals surface area contributed by atoms with Crippen molar-refractivity contribution < 1.29 is 23.9 Å². The molecular formula is C22H25N3O5. The van der Waals surface area contributed by atoms with Gasteiger partial charge in [-0.05, 0) is 30.2 Å². The van der Waals surface area contributed by atoms with Gasteiger partial charge in [0, 0.05) is 19.5 Å². The Balaban J connectivity index is 1.44. The lowest BCUT2D eigenvalue weighted by Crippen LogP contribution is -2.46. The van der Waals surface area contributed by atoms with Crippen LogP contribution in [0.3, 0.4) is 0 Å². The van der Waals surface area contributed by atoms with Gasteiger partial charge in [0.1, 0.15) is 0 Å². The van der Waals surface area contributed by atoms with Gasteiger partial charge >= 0.3 is 0 Å². The summed E-state index contributed by atoms with van der Waals surface area (Å²) in [5.41, 5.74) is 6.71. The molecule has 0 saturated carbocycles. The largest absolute Gasteiger partial charge is 0.493 e. The smallest absolute Gasteiger partial charge is 0.276 e. The van der Waals surface area contributed by atoms with E-state index in [0.29, 0.717) is 24.6 Å². The van der Waals surface area contributed by atoms with Crippen molar-refractivity contribution in [3.05, 3.63) is 59.7 Å². The standard InChI is InChI=1S/C22H25N3O5/c1-15-8-9-18(19(10-15)29-2)30-14-20(26)23-24-22(28)17-11-21(27)25(13-17)12-16-6-4-3-5-7-16/h3-10,17H,11-14H2,1-2H3,(H,23,26)(H,24,28). The predicted molar refractivity (Wildman–Crippen MR) is 109 cm³/mol. The molecule has 0 aliphatic carbocycles. The van der Waals surface area contributed by atoms with Crippen LogP contribution in [0.15, 0.2) is 48.5 Å². The van der Waals surface area contributed by atoms with Crippen LogP contribution in [-0.4, -0.2) is 42.9 Å². The van der Waals surface area contributed by atoms with E-state index in [9.17, 15) is 14.4 Å². The third-order valence-corrected chi connectivity index (χ3v) is 4.80. The van der Waals surface area contributed by atoms with Crippen LogP contribution in [0.1, 0.15) is 17.5 Å². The molecule has 0 aromatic heterocycles. The summed E-state index contributed by atoms with van der Waals surface area (Å²) in [6.45, 7) is 2.40. The molecule has 1 atom stereocenters. The molecule has 1 aliphatic heterocycles. The second kappa shape index (κ2) is 9.78. The van der Waals surface area contributed by atoms with Crippen LogP contribution < -0.4 is 20.3 Å². The molecule has 30 heavy (non-hydrogen) atoms. The van der Waals surface area contributed by atoms with Crippen LogP contribution in [-0.2, 0) is 20.9 Å². The quantitative estimate of drug-likeness (QED) is 0.675. The molecule has 3 rings (SSSR count). The number of nitrogens with zero attached hydrogens (tertiary/aromatic N) is 1. The van der Waals surface area contributed by atoms with Crippen molar-refractivity contribution in [2.75, 3.05) is 20.3 Å². The molecule has 1 heterocycles. The Labute approximate surface area is 175 Å². The van der Waals surface area contributed by atoms with Gasteiger partial charge in [-0.25, -0.2) is 0 Å². The zero-order valence-electron chi connectivity index (χ0n) is 17.0. The van der Waals surface area contributed by atoms with Crippen molar-refractivity contribution in [1.82, 2.24) is 15.8 Å². The summed E-state index contributed by atoms with van der Waals surface area (Å²) >= 11 is 0. The highest BCUT2D eigenvalue weighted by Crippen LogP contribution is 2.27. The summed E-state index contributed by atoms with van der Waals surface area (Å²) in [7, 11) is 1.52. The van der Waals surface area contributed by atoms with Crippen LogP contribution in [0.5, 0.6) is 11.5 Å². The Kier molecular flexibility index (Phi) is 6.90. The van der Waals surface area contributed by atoms with Crippen LogP contribution in [0.4, 0.5) is 0 Å². The molecule has 8 heteroatoms. The number of carbonyl (C=O) groups is 3. The van der Waals surface area contributed by atoms with E-state index in [4.69, 9.17) is 9.47 Å². The Bertz CT molecular complexity index is 916. The van der Waals surface area contributed by atoms with Crippen LogP contribution >= 0.6 is 0 Å². The number of rotatable bonds is 7. The van der Waals surface area contributed by atoms with Crippen LogP contribution in [0.25, 0.3) is 0 Å². The van der Waals surface area contributed by atoms with E-state index in [2.05, 4.69) is 10.9 Å². The van der Waals surface area contributed by atoms with Crippen LogP contribution in [0, 0.1) is 12.8 Å². The third-order valence-electron chi connectivity index (χ3n) is 4.80. The molecule has 1 saturated heterocycles. The highest BCUT2D eigenvalue weighted by molar-refractivity contribution is 5.90. The van der Waals surface area contributed by atoms with Crippen molar-refractivity contribution in [3.8, 4) is 11.5 Å². The van der Waals surface area contributed by atoms with Gasteiger partial charge in [-0.1, -0.05) is 36.4 Å². The van der Waals surface area contributed by atoms with Gasteiger partial charge < -0.3 is 14.4 Å². The molecule has 1 aliphatic rings. The maximum Gasteiger partial charge on any atom is 0.276 e. The van der Waals surface area contributed by atoms with E-state index in [1.807, 2.05) is 43.3 Å². The molecular weight excluding hydrogens is 386 g/mol. The first-order valence-corrected chi connectivity index (χ1v) is 9.64. The van der Waals surface area contributed by atoms with E-state index in [1.54, 1.807) is 17.0 Å². The molecule has 0 radical (unpaired) electrons. The average Bonchev–Trinajstić information content (AvgIpc) is 3.12. The number of benzene rings is 2. The minimum absolute atomic E-state index is 0.0832. The third kappa shape index (κ3) is 5.50. The van der Waals surface area contributed by atoms with Crippen molar-refractivity contribution in [3.63, 3.8) is 0 Å². The number of methoxy groups -OCH3 is 1. The van der Waals surface area contributed by atoms with Gasteiger partial charge in [0.2, 0.25) is 11.8 Å². The minimum atomic E-state index is -0.517. The molecule has 1 unspecified atom stereocenters. The molecule has 1 fully saturated rings. The van der Waals surface area contributed by atoms with E-state index >= 15 is 0 Å². The first-order valence-electron chi connectivity index (χ1n) is 9.64. The van der Waals surface area contributed by atoms with E-state index in [0.717, 1.165) is 11.1 Å². The molecule has 2 aromatic rings. The number of likely N-dealkylation sites (tertiary alicyclic amines) is 1. The molecule has 0 bridgehead atoms. The minimum Gasteiger partial charge on any atom is -0.493 e. The number of carbonyl (C=O) groups excluding carboxylic acids is 3. The van der Waals surface area contributed by atoms with Gasteiger partial charge in [-0.15, -0.1) is 0 Å². The zero-order valence-corrected chi connectivity index (χ0v) is 17.0. The maximum absolute atomic E-state index is 12.3. The SMILES string of the molecule is COc1cc(C)ccc1OCC(=O)NNC(=O)C1CC(=O)N(Cc2ccccc2)C1. The maximum atomic E-state index is 12.3. The van der Waals surface area contributed by atoms with Gasteiger partial charge in [0.25, 0.3) is 5.91 Å². The number of ether oxygens (including phenoxy) is 2. The number of amides is 3. The van der Waals surface area contributed by atoms with Crippen molar-refractivity contribution in [2.45, 2.75) is 19.9 Å². The fourth-order valence-corrected chi connectivity index (χ4v) is 3.21. The Morgan fingerprint density at radius 1 is 1.10 bits per heavy atom. The van der Waals surface area contributed by atoms with Gasteiger partial charge in [0.15, 0.2) is 18.1 Å². The van der Waals surface area contributed by atoms with Gasteiger partial charge in [-0.3, -0.25) is 25.2 Å². The summed E-state index contributed by atoms with van der Waals surface area (Å²) in [6.07, 6.45) is 0.117. The van der Waals surface area contributed by atoms with E-state index in [1.165, 1.54) is 7.11 Å². The first kappa shape index (κ1) is 21.2. The molecule has 158 valence electrons. The first-order chi connectivity index (χ1) is 14.5. The summed E-state index contributed by atoms with van der Waals surface area (Å²) in [4.78, 5) is 38.2. The fraction of sp³-hybridized carbons (Fsp3) is 0.318. The highest BCUT2D eigenvalue weighted by atomic mass is 16.5. The molecule has 3 amide bonds. The number of nitrogens with one attached hydrogen (secondary N) is 2. The van der Waals surface area contributed by atoms with Gasteiger partial charge in [-0.2, -0.15) is 0 Å². The summed E-state index contributed by atoms with van der Waals surface area (Å²) < 4.78 is 10.7. The van der Waals surface area contributed by atoms with E-state index < -0.39 is 17.7 Å². The summed E-state index contributed by atoms with van der Waals surface area (Å²) in [5.74, 6) is -0.561. The fourth-order valence-electron chi connectivity index (χ4n) is 3.21. The second-order valence-electron chi connectivity index (χ2n) is 7.14. The topological polar surface area (TPSA) is 97.0 Å². The summed E-state index contributed by atoms with van der Waals surface area (Å²) in [5, 5.41) is 0. The lowest BCUT2D eigenvalue weighted by Gasteiger charge is -2.17. The second-order valence-corrected chi connectivity index (χ2v) is 7.14. The Morgan fingerprint density at radius 2 is 1.87 bits per heavy atom. The number of hydrogen-bond acceptors (Lipinski definition) is 5. The number of aryl methyl sites for hydroxylation is 1. The average molecular weight is 411 g/mol. The van der Waals surface area contributed by atoms with Crippen molar-refractivity contribution in [1.29, 1.82) is 0 Å². The molecule has 2 N–H and O–H groups in total. The van der Waals surface area contributed by atoms with E-state index in [-0.39, 0.29) is 18.9 Å². The van der Waals surface area contributed by atoms with Gasteiger partial charge in [0.05, 0.1) is 13.0 Å². The zero-order chi connectivity index (χ0) is 21.5. The number of hydrogen-bond donors (Lipinski definition) is 2. The lowest BCUT2D eigenvalue weighted by molar-refractivity contribution is -0.132. The lowest BCUT2D eigenvalue weighted by atomic mass is 10.1. The normalized spacial score (nSPS) is 15.6. The molecule has 8 nitrogen and oxygen atoms in total. The van der Waals surface area contributed by atoms with Crippen molar-refractivity contribution in [2.24, 2.45) is 5.92 Å². The molecule has 0 spiro atoms. The summed E-state index contributed by atoms with van der Waals surface area (Å²) in [6, 6.07) is 14.9. The Hall–Kier alpha value is -3.55. The van der Waals surface area contributed by atoms with Crippen LogP contribution in [0.2, 0.25) is 0 Å². The predicted octanol–water partition coefficient (Wildman–Crippen LogP) is 1.58. The molecule has 2 aromatic carbocycles. The number of hydrazine groups is 1.